The third-order valence-corrected chi connectivity index (χ3v) is 2.06. The van der Waals surface area contributed by atoms with Crippen LogP contribution in [0.5, 0.6) is 0 Å². The van der Waals surface area contributed by atoms with Crippen molar-refractivity contribution in [2.45, 2.75) is 45.6 Å². The van der Waals surface area contributed by atoms with Crippen LogP contribution in [-0.4, -0.2) is 59.5 Å². The highest BCUT2D eigenvalue weighted by Crippen LogP contribution is 2.18. The standard InChI is InChI=1S/C12H21F3N2O4/c1-8(18)7-17(9(19)12(13,14)15)6-5-16-10(20)21-11(2,3)4/h8,18H,5-7H2,1-4H3,(H,16,20). The number of nitrogens with one attached hydrogen (secondary N) is 1. The number of aliphatic hydroxyl groups excluding tert-OH is 1. The quantitative estimate of drug-likeness (QED) is 0.801. The predicted molar refractivity (Wildman–Crippen MR) is 68.6 cm³/mol. The average molecular weight is 314 g/mol. The fourth-order valence-corrected chi connectivity index (χ4v) is 1.38. The van der Waals surface area contributed by atoms with Crippen LogP contribution in [0, 0.1) is 0 Å². The van der Waals surface area contributed by atoms with Gasteiger partial charge in [-0.3, -0.25) is 4.79 Å². The summed E-state index contributed by atoms with van der Waals surface area (Å²) in [7, 11) is 0. The first-order valence-corrected chi connectivity index (χ1v) is 6.34. The van der Waals surface area contributed by atoms with Gasteiger partial charge in [-0.2, -0.15) is 13.2 Å². The summed E-state index contributed by atoms with van der Waals surface area (Å²) in [6.07, 6.45) is -6.93. The third-order valence-electron chi connectivity index (χ3n) is 2.06. The van der Waals surface area contributed by atoms with Crippen molar-refractivity contribution in [3.05, 3.63) is 0 Å². The SMILES string of the molecule is CC(O)CN(CCNC(=O)OC(C)(C)C)C(=O)C(F)(F)F. The maximum atomic E-state index is 12.4. The summed E-state index contributed by atoms with van der Waals surface area (Å²) >= 11 is 0. The van der Waals surface area contributed by atoms with Gasteiger partial charge >= 0.3 is 18.2 Å². The van der Waals surface area contributed by atoms with Gasteiger partial charge in [0, 0.05) is 19.6 Å². The fraction of sp³-hybridized carbons (Fsp3) is 0.833. The number of nitrogens with zero attached hydrogens (tertiary/aromatic N) is 1. The van der Waals surface area contributed by atoms with Crippen molar-refractivity contribution in [1.82, 2.24) is 10.2 Å². The van der Waals surface area contributed by atoms with Gasteiger partial charge in [-0.05, 0) is 27.7 Å². The minimum absolute atomic E-state index is 0.219. The van der Waals surface area contributed by atoms with E-state index in [-0.39, 0.29) is 13.1 Å². The maximum Gasteiger partial charge on any atom is 0.471 e. The minimum atomic E-state index is -5.03. The van der Waals surface area contributed by atoms with Crippen LogP contribution in [0.15, 0.2) is 0 Å². The summed E-state index contributed by atoms with van der Waals surface area (Å²) in [4.78, 5) is 22.9. The molecule has 0 aliphatic carbocycles. The zero-order valence-electron chi connectivity index (χ0n) is 12.5. The molecule has 0 heterocycles. The summed E-state index contributed by atoms with van der Waals surface area (Å²) < 4.78 is 42.0. The van der Waals surface area contributed by atoms with E-state index in [1.54, 1.807) is 20.8 Å². The number of hydrogen-bond donors (Lipinski definition) is 2. The van der Waals surface area contributed by atoms with Gasteiger partial charge in [0.1, 0.15) is 5.60 Å². The molecule has 21 heavy (non-hydrogen) atoms. The van der Waals surface area contributed by atoms with Crippen LogP contribution >= 0.6 is 0 Å². The van der Waals surface area contributed by atoms with Crippen molar-refractivity contribution in [2.75, 3.05) is 19.6 Å². The van der Waals surface area contributed by atoms with Gasteiger partial charge in [0.25, 0.3) is 0 Å². The van der Waals surface area contributed by atoms with Crippen LogP contribution in [0.4, 0.5) is 18.0 Å². The van der Waals surface area contributed by atoms with Crippen LogP contribution in [0.2, 0.25) is 0 Å². The number of alkyl halides is 3. The number of hydrogen-bond acceptors (Lipinski definition) is 4. The first-order valence-electron chi connectivity index (χ1n) is 6.34. The Kier molecular flexibility index (Phi) is 6.95. The molecular formula is C12H21F3N2O4. The fourth-order valence-electron chi connectivity index (χ4n) is 1.38. The summed E-state index contributed by atoms with van der Waals surface area (Å²) in [6, 6.07) is 0. The van der Waals surface area contributed by atoms with Crippen molar-refractivity contribution in [3.8, 4) is 0 Å². The molecular weight excluding hydrogens is 293 g/mol. The van der Waals surface area contributed by atoms with E-state index in [2.05, 4.69) is 5.32 Å². The number of ether oxygens (including phenoxy) is 1. The second-order valence-corrected chi connectivity index (χ2v) is 5.53. The summed E-state index contributed by atoms with van der Waals surface area (Å²) in [5, 5.41) is 11.4. The van der Waals surface area contributed by atoms with Gasteiger partial charge < -0.3 is 20.1 Å². The average Bonchev–Trinajstić information content (AvgIpc) is 2.22. The Bertz CT molecular complexity index is 364. The van der Waals surface area contributed by atoms with Crippen LogP contribution in [0.3, 0.4) is 0 Å². The summed E-state index contributed by atoms with van der Waals surface area (Å²) in [6.45, 7) is 5.09. The van der Waals surface area contributed by atoms with E-state index in [1.165, 1.54) is 6.92 Å². The molecule has 0 saturated heterocycles. The molecule has 0 radical (unpaired) electrons. The molecule has 0 aliphatic rings. The Morgan fingerprint density at radius 1 is 1.29 bits per heavy atom. The molecule has 0 spiro atoms. The highest BCUT2D eigenvalue weighted by molar-refractivity contribution is 5.82. The Balaban J connectivity index is 4.45. The molecule has 0 bridgehead atoms. The van der Waals surface area contributed by atoms with E-state index < -0.39 is 36.4 Å². The molecule has 0 aromatic heterocycles. The van der Waals surface area contributed by atoms with E-state index in [4.69, 9.17) is 9.84 Å². The molecule has 124 valence electrons. The molecule has 0 aliphatic heterocycles. The van der Waals surface area contributed by atoms with Gasteiger partial charge in [-0.25, -0.2) is 4.79 Å². The van der Waals surface area contributed by atoms with Gasteiger partial charge in [-0.15, -0.1) is 0 Å². The zero-order valence-corrected chi connectivity index (χ0v) is 12.5. The topological polar surface area (TPSA) is 78.9 Å². The molecule has 1 atom stereocenters. The smallest absolute Gasteiger partial charge is 0.444 e. The van der Waals surface area contributed by atoms with Gasteiger partial charge in [0.15, 0.2) is 0 Å². The molecule has 0 fully saturated rings. The second-order valence-electron chi connectivity index (χ2n) is 5.53. The van der Waals surface area contributed by atoms with Crippen molar-refractivity contribution >= 4 is 12.0 Å². The predicted octanol–water partition coefficient (Wildman–Crippen LogP) is 1.28. The molecule has 0 rings (SSSR count). The van der Waals surface area contributed by atoms with Gasteiger partial charge in [-0.1, -0.05) is 0 Å². The molecule has 0 aromatic carbocycles. The van der Waals surface area contributed by atoms with E-state index in [0.29, 0.717) is 4.90 Å². The molecule has 0 saturated carbocycles. The Morgan fingerprint density at radius 2 is 1.81 bits per heavy atom. The van der Waals surface area contributed by atoms with Crippen LogP contribution in [0.25, 0.3) is 0 Å². The lowest BCUT2D eigenvalue weighted by molar-refractivity contribution is -0.186. The Morgan fingerprint density at radius 3 is 2.19 bits per heavy atom. The number of aliphatic hydroxyl groups is 1. The number of carbonyl (C=O) groups excluding carboxylic acids is 2. The van der Waals surface area contributed by atoms with E-state index in [9.17, 15) is 22.8 Å². The van der Waals surface area contributed by atoms with Crippen molar-refractivity contribution in [1.29, 1.82) is 0 Å². The summed E-state index contributed by atoms with van der Waals surface area (Å²) in [5.74, 6) is -2.06. The minimum Gasteiger partial charge on any atom is -0.444 e. The van der Waals surface area contributed by atoms with Crippen molar-refractivity contribution in [2.24, 2.45) is 0 Å². The van der Waals surface area contributed by atoms with E-state index in [1.807, 2.05) is 0 Å². The number of carbonyl (C=O) groups is 2. The molecule has 6 nitrogen and oxygen atoms in total. The van der Waals surface area contributed by atoms with E-state index in [0.717, 1.165) is 0 Å². The van der Waals surface area contributed by atoms with Gasteiger partial charge in [0.05, 0.1) is 6.10 Å². The molecule has 9 heteroatoms. The highest BCUT2D eigenvalue weighted by atomic mass is 19.4. The van der Waals surface area contributed by atoms with Crippen LogP contribution < -0.4 is 5.32 Å². The number of rotatable bonds is 5. The molecule has 2 N–H and O–H groups in total. The maximum absolute atomic E-state index is 12.4. The van der Waals surface area contributed by atoms with Crippen LogP contribution in [-0.2, 0) is 9.53 Å². The monoisotopic (exact) mass is 314 g/mol. The Hall–Kier alpha value is -1.51. The first kappa shape index (κ1) is 19.5. The third kappa shape index (κ3) is 9.11. The largest absolute Gasteiger partial charge is 0.471 e. The lowest BCUT2D eigenvalue weighted by Gasteiger charge is -2.25. The first-order chi connectivity index (χ1) is 9.33. The number of alkyl carbamates (subject to hydrolysis) is 1. The highest BCUT2D eigenvalue weighted by Gasteiger charge is 2.42. The normalized spacial score (nSPS) is 13.5. The van der Waals surface area contributed by atoms with Crippen LogP contribution in [0.1, 0.15) is 27.7 Å². The molecule has 2 amide bonds. The lowest BCUT2D eigenvalue weighted by Crippen LogP contribution is -2.47. The summed E-state index contributed by atoms with van der Waals surface area (Å²) in [5.41, 5.74) is -0.731. The Labute approximate surface area is 121 Å². The second kappa shape index (κ2) is 7.48. The van der Waals surface area contributed by atoms with Gasteiger partial charge in [0.2, 0.25) is 0 Å². The molecule has 1 unspecified atom stereocenters. The lowest BCUT2D eigenvalue weighted by atomic mass is 10.2. The number of amides is 2. The van der Waals surface area contributed by atoms with Crippen molar-refractivity contribution < 1.29 is 32.6 Å². The zero-order chi connectivity index (χ0) is 16.8. The molecule has 0 aromatic rings. The van der Waals surface area contributed by atoms with Crippen molar-refractivity contribution in [3.63, 3.8) is 0 Å². The van der Waals surface area contributed by atoms with E-state index >= 15 is 0 Å². The number of halogens is 3.